The second-order valence-electron chi connectivity index (χ2n) is 4.45. The highest BCUT2D eigenvalue weighted by Crippen LogP contribution is 2.25. The van der Waals surface area contributed by atoms with Gasteiger partial charge in [0, 0.05) is 37.6 Å². The molecule has 1 aromatic rings. The largest absolute Gasteiger partial charge is 0.467 e. The van der Waals surface area contributed by atoms with Crippen LogP contribution >= 0.6 is 0 Å². The Morgan fingerprint density at radius 1 is 1.50 bits per heavy atom. The van der Waals surface area contributed by atoms with Crippen LogP contribution in [0.2, 0.25) is 0 Å². The van der Waals surface area contributed by atoms with E-state index in [1.54, 1.807) is 19.3 Å². The Morgan fingerprint density at radius 2 is 2.19 bits per heavy atom. The van der Waals surface area contributed by atoms with E-state index in [2.05, 4.69) is 14.9 Å². The van der Waals surface area contributed by atoms with Gasteiger partial charge >= 0.3 is 6.01 Å². The Balaban J connectivity index is 1.94. The topological polar surface area (TPSA) is 38.2 Å². The molecule has 0 amide bonds. The normalized spacial score (nSPS) is 25.9. The summed E-state index contributed by atoms with van der Waals surface area (Å²) in [6, 6.07) is 0.362. The van der Waals surface area contributed by atoms with Crippen molar-refractivity contribution in [2.75, 3.05) is 20.2 Å². The Labute approximate surface area is 94.5 Å². The molecule has 2 heterocycles. The lowest BCUT2D eigenvalue weighted by atomic mass is 10.1. The Hall–Kier alpha value is -1.23. The Morgan fingerprint density at radius 3 is 2.69 bits per heavy atom. The molecule has 88 valence electrons. The average Bonchev–Trinajstić information content (AvgIpc) is 2.59. The molecular weight excluding hydrogens is 209 g/mol. The molecule has 0 radical (unpaired) electrons. The summed E-state index contributed by atoms with van der Waals surface area (Å²) in [5, 5.41) is 0. The van der Waals surface area contributed by atoms with Crippen molar-refractivity contribution in [1.82, 2.24) is 14.9 Å². The summed E-state index contributed by atoms with van der Waals surface area (Å²) in [5.74, 6) is 0. The first-order chi connectivity index (χ1) is 7.59. The molecule has 2 rings (SSSR count). The van der Waals surface area contributed by atoms with Crippen LogP contribution in [0.3, 0.4) is 0 Å². The molecule has 16 heavy (non-hydrogen) atoms. The zero-order valence-electron chi connectivity index (χ0n) is 9.61. The van der Waals surface area contributed by atoms with Gasteiger partial charge in [-0.15, -0.1) is 0 Å². The van der Waals surface area contributed by atoms with Gasteiger partial charge in [0.25, 0.3) is 0 Å². The average molecular weight is 225 g/mol. The number of nitrogens with zero attached hydrogens (tertiary/aromatic N) is 3. The van der Waals surface area contributed by atoms with Crippen molar-refractivity contribution in [2.24, 2.45) is 0 Å². The molecule has 4 nitrogen and oxygen atoms in total. The van der Waals surface area contributed by atoms with Gasteiger partial charge in [-0.1, -0.05) is 0 Å². The third-order valence-electron chi connectivity index (χ3n) is 2.77. The van der Waals surface area contributed by atoms with Gasteiger partial charge in [0.15, 0.2) is 0 Å². The van der Waals surface area contributed by atoms with Gasteiger partial charge in [0.2, 0.25) is 0 Å². The summed E-state index contributed by atoms with van der Waals surface area (Å²) in [7, 11) is 1.53. The molecule has 0 saturated carbocycles. The maximum atomic E-state index is 13.6. The number of methoxy groups -OCH3 is 1. The molecule has 1 fully saturated rings. The molecule has 0 spiro atoms. The van der Waals surface area contributed by atoms with Crippen LogP contribution in [0, 0.1) is 0 Å². The second kappa shape index (κ2) is 4.33. The van der Waals surface area contributed by atoms with Gasteiger partial charge in [0.05, 0.1) is 7.11 Å². The number of rotatable bonds is 3. The molecule has 0 aliphatic carbocycles. The van der Waals surface area contributed by atoms with Crippen molar-refractivity contribution in [3.63, 3.8) is 0 Å². The molecule has 0 N–H and O–H groups in total. The van der Waals surface area contributed by atoms with Crippen molar-refractivity contribution >= 4 is 0 Å². The maximum absolute atomic E-state index is 13.6. The molecule has 1 aromatic heterocycles. The number of ether oxygens (including phenoxy) is 1. The highest BCUT2D eigenvalue weighted by molar-refractivity contribution is 5.08. The Bertz CT molecular complexity index is 353. The first kappa shape index (κ1) is 11.3. The summed E-state index contributed by atoms with van der Waals surface area (Å²) >= 11 is 0. The first-order valence-corrected chi connectivity index (χ1v) is 5.35. The summed E-state index contributed by atoms with van der Waals surface area (Å²) in [4.78, 5) is 10.1. The van der Waals surface area contributed by atoms with E-state index in [1.807, 2.05) is 0 Å². The standard InChI is InChI=1S/C11H16FN3O/c1-11(12)3-4-15(8-11)7-9-5-13-10(16-2)14-6-9/h5-6H,3-4,7-8H2,1-2H3. The van der Waals surface area contributed by atoms with E-state index in [-0.39, 0.29) is 0 Å². The molecule has 0 aromatic carbocycles. The van der Waals surface area contributed by atoms with Crippen LogP contribution in [0.1, 0.15) is 18.9 Å². The molecular formula is C11H16FN3O. The lowest BCUT2D eigenvalue weighted by Crippen LogP contribution is -2.25. The van der Waals surface area contributed by atoms with Gasteiger partial charge in [-0.25, -0.2) is 14.4 Å². The zero-order valence-corrected chi connectivity index (χ0v) is 9.61. The molecule has 1 aliphatic rings. The van der Waals surface area contributed by atoms with Gasteiger partial charge in [0.1, 0.15) is 5.67 Å². The minimum atomic E-state index is -1.05. The van der Waals surface area contributed by atoms with Crippen molar-refractivity contribution in [1.29, 1.82) is 0 Å². The maximum Gasteiger partial charge on any atom is 0.316 e. The number of alkyl halides is 1. The Kier molecular flexibility index (Phi) is 3.05. The highest BCUT2D eigenvalue weighted by atomic mass is 19.1. The number of hydrogen-bond donors (Lipinski definition) is 0. The van der Waals surface area contributed by atoms with Crippen LogP contribution < -0.4 is 4.74 Å². The highest BCUT2D eigenvalue weighted by Gasteiger charge is 2.33. The van der Waals surface area contributed by atoms with Gasteiger partial charge in [-0.05, 0) is 13.3 Å². The van der Waals surface area contributed by atoms with E-state index >= 15 is 0 Å². The SMILES string of the molecule is COc1ncc(CN2CCC(C)(F)C2)cn1. The molecule has 5 heteroatoms. The van der Waals surface area contributed by atoms with E-state index in [9.17, 15) is 4.39 Å². The molecule has 0 bridgehead atoms. The smallest absolute Gasteiger partial charge is 0.316 e. The predicted molar refractivity (Wildman–Crippen MR) is 58.0 cm³/mol. The monoisotopic (exact) mass is 225 g/mol. The summed E-state index contributed by atoms with van der Waals surface area (Å²) < 4.78 is 18.5. The number of halogens is 1. The summed E-state index contributed by atoms with van der Waals surface area (Å²) in [6.45, 7) is 3.62. The molecule has 1 saturated heterocycles. The fourth-order valence-corrected chi connectivity index (χ4v) is 1.94. The minimum Gasteiger partial charge on any atom is -0.467 e. The van der Waals surface area contributed by atoms with Crippen molar-refractivity contribution in [3.8, 4) is 6.01 Å². The van der Waals surface area contributed by atoms with Gasteiger partial charge in [-0.3, -0.25) is 4.90 Å². The predicted octanol–water partition coefficient (Wildman–Crippen LogP) is 1.42. The van der Waals surface area contributed by atoms with E-state index in [1.165, 1.54) is 7.11 Å². The second-order valence-corrected chi connectivity index (χ2v) is 4.45. The first-order valence-electron chi connectivity index (χ1n) is 5.35. The van der Waals surface area contributed by atoms with Crippen molar-refractivity contribution in [3.05, 3.63) is 18.0 Å². The van der Waals surface area contributed by atoms with E-state index in [0.29, 0.717) is 25.5 Å². The summed E-state index contributed by atoms with van der Waals surface area (Å²) in [5.41, 5.74) is -0.0636. The lowest BCUT2D eigenvalue weighted by molar-refractivity contribution is 0.186. The number of likely N-dealkylation sites (tertiary alicyclic amines) is 1. The third kappa shape index (κ3) is 2.66. The van der Waals surface area contributed by atoms with E-state index < -0.39 is 5.67 Å². The third-order valence-corrected chi connectivity index (χ3v) is 2.77. The zero-order chi connectivity index (χ0) is 11.6. The minimum absolute atomic E-state index is 0.362. The van der Waals surface area contributed by atoms with Gasteiger partial charge in [-0.2, -0.15) is 0 Å². The van der Waals surface area contributed by atoms with E-state index in [0.717, 1.165) is 12.1 Å². The summed E-state index contributed by atoms with van der Waals surface area (Å²) in [6.07, 6.45) is 4.05. The fraction of sp³-hybridized carbons (Fsp3) is 0.636. The van der Waals surface area contributed by atoms with Crippen LogP contribution in [0.5, 0.6) is 6.01 Å². The van der Waals surface area contributed by atoms with Crippen molar-refractivity contribution in [2.45, 2.75) is 25.6 Å². The fourth-order valence-electron chi connectivity index (χ4n) is 1.94. The van der Waals surface area contributed by atoms with E-state index in [4.69, 9.17) is 4.74 Å². The molecule has 1 aliphatic heterocycles. The van der Waals surface area contributed by atoms with Gasteiger partial charge < -0.3 is 4.74 Å². The quantitative estimate of drug-likeness (QED) is 0.779. The van der Waals surface area contributed by atoms with Crippen LogP contribution in [0.15, 0.2) is 12.4 Å². The van der Waals surface area contributed by atoms with Crippen LogP contribution in [-0.2, 0) is 6.54 Å². The molecule has 1 atom stereocenters. The lowest BCUT2D eigenvalue weighted by Gasteiger charge is -2.16. The number of aromatic nitrogens is 2. The number of hydrogen-bond acceptors (Lipinski definition) is 4. The van der Waals surface area contributed by atoms with Crippen LogP contribution in [0.25, 0.3) is 0 Å². The van der Waals surface area contributed by atoms with Crippen LogP contribution in [0.4, 0.5) is 4.39 Å². The molecule has 1 unspecified atom stereocenters. The van der Waals surface area contributed by atoms with Crippen LogP contribution in [-0.4, -0.2) is 40.7 Å². The van der Waals surface area contributed by atoms with Crippen molar-refractivity contribution < 1.29 is 9.13 Å².